The molecular formula is C16H14N2O4. The monoisotopic (exact) mass is 298 g/mol. The van der Waals surface area contributed by atoms with Crippen LogP contribution >= 0.6 is 0 Å². The Hall–Kier alpha value is -2.86. The van der Waals surface area contributed by atoms with Crippen molar-refractivity contribution in [1.82, 2.24) is 10.4 Å². The molecule has 0 bridgehead atoms. The molecule has 3 amide bonds. The van der Waals surface area contributed by atoms with Gasteiger partial charge in [0.1, 0.15) is 17.0 Å². The van der Waals surface area contributed by atoms with Gasteiger partial charge in [0, 0.05) is 0 Å². The van der Waals surface area contributed by atoms with Crippen molar-refractivity contribution in [1.29, 1.82) is 0 Å². The van der Waals surface area contributed by atoms with Crippen LogP contribution in [0.5, 0.6) is 11.5 Å². The van der Waals surface area contributed by atoms with Crippen LogP contribution in [0.4, 0.5) is 4.79 Å². The fourth-order valence-corrected chi connectivity index (χ4v) is 2.30. The van der Waals surface area contributed by atoms with Crippen LogP contribution in [0.3, 0.4) is 0 Å². The highest BCUT2D eigenvalue weighted by molar-refractivity contribution is 6.05. The summed E-state index contributed by atoms with van der Waals surface area (Å²) in [4.78, 5) is 23.4. The summed E-state index contributed by atoms with van der Waals surface area (Å²) in [5.74, 6) is 0.596. The summed E-state index contributed by atoms with van der Waals surface area (Å²) in [5.41, 5.74) is -0.722. The normalized spacial score (nSPS) is 20.9. The minimum absolute atomic E-state index is 0.0916. The second kappa shape index (κ2) is 5.16. The molecule has 6 heteroatoms. The molecule has 0 spiro atoms. The van der Waals surface area contributed by atoms with Gasteiger partial charge < -0.3 is 10.1 Å². The van der Waals surface area contributed by atoms with E-state index in [1.165, 1.54) is 6.92 Å². The van der Waals surface area contributed by atoms with E-state index in [1.54, 1.807) is 24.3 Å². The number of imide groups is 1. The maximum absolute atomic E-state index is 12.0. The lowest BCUT2D eigenvalue weighted by Gasteiger charge is -2.21. The molecule has 1 fully saturated rings. The minimum atomic E-state index is -1.28. The van der Waals surface area contributed by atoms with Gasteiger partial charge in [-0.25, -0.2) is 4.79 Å². The van der Waals surface area contributed by atoms with Crippen molar-refractivity contribution in [3.05, 3.63) is 60.2 Å². The van der Waals surface area contributed by atoms with Gasteiger partial charge in [-0.15, -0.1) is 5.06 Å². The van der Waals surface area contributed by atoms with Crippen molar-refractivity contribution in [3.8, 4) is 11.5 Å². The van der Waals surface area contributed by atoms with Gasteiger partial charge in [-0.2, -0.15) is 0 Å². The Balaban J connectivity index is 1.83. The van der Waals surface area contributed by atoms with Gasteiger partial charge in [-0.3, -0.25) is 10.0 Å². The summed E-state index contributed by atoms with van der Waals surface area (Å²) in [6, 6.07) is 15.2. The Morgan fingerprint density at radius 3 is 2.14 bits per heavy atom. The van der Waals surface area contributed by atoms with Gasteiger partial charge in [-0.1, -0.05) is 30.3 Å². The highest BCUT2D eigenvalue weighted by Gasteiger charge is 2.49. The molecule has 0 radical (unpaired) electrons. The Morgan fingerprint density at radius 2 is 1.59 bits per heavy atom. The molecule has 6 nitrogen and oxygen atoms in total. The number of hydrogen-bond acceptors (Lipinski definition) is 4. The van der Waals surface area contributed by atoms with Crippen LogP contribution in [0.1, 0.15) is 12.5 Å². The minimum Gasteiger partial charge on any atom is -0.457 e. The average Bonchev–Trinajstić information content (AvgIpc) is 2.73. The van der Waals surface area contributed by atoms with Gasteiger partial charge in [-0.05, 0) is 36.8 Å². The Morgan fingerprint density at radius 1 is 1.00 bits per heavy atom. The first kappa shape index (κ1) is 14.1. The lowest BCUT2D eigenvalue weighted by Crippen LogP contribution is -2.40. The van der Waals surface area contributed by atoms with Crippen LogP contribution in [-0.4, -0.2) is 22.2 Å². The number of carbonyl (C=O) groups excluding carboxylic acids is 2. The molecule has 2 aromatic carbocycles. The molecule has 3 rings (SSSR count). The number of urea groups is 1. The highest BCUT2D eigenvalue weighted by atomic mass is 16.5. The number of ether oxygens (including phenoxy) is 1. The fourth-order valence-electron chi connectivity index (χ4n) is 2.30. The van der Waals surface area contributed by atoms with Crippen LogP contribution in [0.2, 0.25) is 0 Å². The number of hydrogen-bond donors (Lipinski definition) is 2. The molecule has 22 heavy (non-hydrogen) atoms. The number of benzene rings is 2. The van der Waals surface area contributed by atoms with E-state index in [4.69, 9.17) is 4.74 Å². The van der Waals surface area contributed by atoms with E-state index in [1.807, 2.05) is 30.3 Å². The number of para-hydroxylation sites is 1. The van der Waals surface area contributed by atoms with E-state index in [9.17, 15) is 14.8 Å². The quantitative estimate of drug-likeness (QED) is 0.674. The largest absolute Gasteiger partial charge is 0.457 e. The fraction of sp³-hybridized carbons (Fsp3) is 0.125. The lowest BCUT2D eigenvalue weighted by molar-refractivity contribution is -0.152. The van der Waals surface area contributed by atoms with Gasteiger partial charge in [0.15, 0.2) is 0 Å². The van der Waals surface area contributed by atoms with E-state index in [2.05, 4.69) is 5.32 Å². The summed E-state index contributed by atoms with van der Waals surface area (Å²) >= 11 is 0. The maximum Gasteiger partial charge on any atom is 0.349 e. The average molecular weight is 298 g/mol. The van der Waals surface area contributed by atoms with Crippen molar-refractivity contribution >= 4 is 11.9 Å². The molecule has 1 aliphatic heterocycles. The van der Waals surface area contributed by atoms with E-state index >= 15 is 0 Å². The first-order valence-electron chi connectivity index (χ1n) is 6.70. The molecule has 1 saturated heterocycles. The van der Waals surface area contributed by atoms with E-state index in [-0.39, 0.29) is 5.06 Å². The Labute approximate surface area is 126 Å². The van der Waals surface area contributed by atoms with E-state index < -0.39 is 17.5 Å². The molecule has 0 aromatic heterocycles. The summed E-state index contributed by atoms with van der Waals surface area (Å²) in [5, 5.41) is 11.9. The summed E-state index contributed by atoms with van der Waals surface area (Å²) in [6.07, 6.45) is 0. The third-order valence-electron chi connectivity index (χ3n) is 3.58. The van der Waals surface area contributed by atoms with Gasteiger partial charge in [0.05, 0.1) is 0 Å². The molecular weight excluding hydrogens is 284 g/mol. The first-order valence-corrected chi connectivity index (χ1v) is 6.70. The third kappa shape index (κ3) is 2.29. The van der Waals surface area contributed by atoms with Crippen LogP contribution in [0.25, 0.3) is 0 Å². The lowest BCUT2D eigenvalue weighted by atomic mass is 9.92. The summed E-state index contributed by atoms with van der Waals surface area (Å²) in [6.45, 7) is 1.54. The number of carbonyl (C=O) groups is 2. The predicted octanol–water partition coefficient (Wildman–Crippen LogP) is 2.64. The SMILES string of the molecule is CC1(c2ccc(Oc3ccccc3)cc2)NC(=O)N(O)C1=O. The van der Waals surface area contributed by atoms with Crippen molar-refractivity contribution in [3.63, 3.8) is 0 Å². The molecule has 2 N–H and O–H groups in total. The highest BCUT2D eigenvalue weighted by Crippen LogP contribution is 2.30. The third-order valence-corrected chi connectivity index (χ3v) is 3.58. The summed E-state index contributed by atoms with van der Waals surface area (Å²) < 4.78 is 5.67. The molecule has 1 heterocycles. The zero-order chi connectivity index (χ0) is 15.7. The van der Waals surface area contributed by atoms with Gasteiger partial charge in [0.2, 0.25) is 0 Å². The van der Waals surface area contributed by atoms with E-state index in [0.29, 0.717) is 17.1 Å². The zero-order valence-electron chi connectivity index (χ0n) is 11.8. The molecule has 1 aliphatic rings. The van der Waals surface area contributed by atoms with Crippen molar-refractivity contribution < 1.29 is 19.5 Å². The molecule has 0 saturated carbocycles. The topological polar surface area (TPSA) is 78.9 Å². The number of amides is 3. The number of rotatable bonds is 3. The number of nitrogens with one attached hydrogen (secondary N) is 1. The van der Waals surface area contributed by atoms with Crippen LogP contribution in [0.15, 0.2) is 54.6 Å². The number of hydroxylamine groups is 2. The second-order valence-corrected chi connectivity index (χ2v) is 5.11. The van der Waals surface area contributed by atoms with Crippen LogP contribution in [-0.2, 0) is 10.3 Å². The standard InChI is InChI=1S/C16H14N2O4/c1-16(14(19)18(21)15(20)17-16)11-7-9-13(10-8-11)22-12-5-3-2-4-6-12/h2-10,21H,1H3,(H,17,20). The van der Waals surface area contributed by atoms with Crippen molar-refractivity contribution in [2.45, 2.75) is 12.5 Å². The molecule has 1 unspecified atom stereocenters. The van der Waals surface area contributed by atoms with Crippen LogP contribution in [0, 0.1) is 0 Å². The van der Waals surface area contributed by atoms with Gasteiger partial charge in [0.25, 0.3) is 5.91 Å². The second-order valence-electron chi connectivity index (χ2n) is 5.11. The zero-order valence-corrected chi connectivity index (χ0v) is 11.8. The predicted molar refractivity (Wildman–Crippen MR) is 77.5 cm³/mol. The maximum atomic E-state index is 12.0. The van der Waals surface area contributed by atoms with Crippen molar-refractivity contribution in [2.24, 2.45) is 0 Å². The van der Waals surface area contributed by atoms with Crippen LogP contribution < -0.4 is 10.1 Å². The van der Waals surface area contributed by atoms with Crippen molar-refractivity contribution in [2.75, 3.05) is 0 Å². The summed E-state index contributed by atoms with van der Waals surface area (Å²) in [7, 11) is 0. The first-order chi connectivity index (χ1) is 10.5. The number of nitrogens with zero attached hydrogens (tertiary/aromatic N) is 1. The molecule has 2 aromatic rings. The Kier molecular flexibility index (Phi) is 3.30. The molecule has 0 aliphatic carbocycles. The Bertz CT molecular complexity index is 715. The van der Waals surface area contributed by atoms with Gasteiger partial charge >= 0.3 is 6.03 Å². The van der Waals surface area contributed by atoms with E-state index in [0.717, 1.165) is 0 Å². The smallest absolute Gasteiger partial charge is 0.349 e. The molecule has 1 atom stereocenters. The molecule has 112 valence electrons.